The van der Waals surface area contributed by atoms with Crippen molar-refractivity contribution >= 4 is 36.6 Å². The summed E-state index contributed by atoms with van der Waals surface area (Å²) in [6.07, 6.45) is 4.38. The number of nitrogens with one attached hydrogen (secondary N) is 1. The van der Waals surface area contributed by atoms with Gasteiger partial charge >= 0.3 is 0 Å². The number of hydrogen-bond donors (Lipinski definition) is 1. The number of carbonyl (C=O) groups is 1. The summed E-state index contributed by atoms with van der Waals surface area (Å²) < 4.78 is 0. The molecule has 1 unspecified atom stereocenters. The van der Waals surface area contributed by atoms with Gasteiger partial charge in [-0.1, -0.05) is 0 Å². The van der Waals surface area contributed by atoms with Crippen LogP contribution in [0.15, 0.2) is 4.99 Å². The summed E-state index contributed by atoms with van der Waals surface area (Å²) in [5, 5.41) is 3.42. The van der Waals surface area contributed by atoms with Crippen LogP contribution in [0.2, 0.25) is 0 Å². The second-order valence-electron chi connectivity index (χ2n) is 7.01. The molecule has 1 amide bonds. The van der Waals surface area contributed by atoms with Gasteiger partial charge in [-0.05, 0) is 66.1 Å². The van der Waals surface area contributed by atoms with Crippen LogP contribution in [0.4, 0.5) is 0 Å². The molecular weight excluding hydrogens is 335 g/mol. The lowest BCUT2D eigenvalue weighted by Gasteiger charge is -2.43. The minimum atomic E-state index is -0.489. The largest absolute Gasteiger partial charge is 0.317 e. The second-order valence-corrected chi connectivity index (χ2v) is 7.01. The van der Waals surface area contributed by atoms with Crippen molar-refractivity contribution in [3.8, 4) is 0 Å². The summed E-state index contributed by atoms with van der Waals surface area (Å²) >= 11 is 0. The molecule has 3 aliphatic heterocycles. The van der Waals surface area contributed by atoms with Crippen LogP contribution in [0.1, 0.15) is 46.5 Å². The molecule has 1 spiro atoms. The Labute approximate surface area is 152 Å². The maximum atomic E-state index is 12.9. The first-order valence-corrected chi connectivity index (χ1v) is 8.38. The van der Waals surface area contributed by atoms with Crippen molar-refractivity contribution in [3.05, 3.63) is 0 Å². The van der Waals surface area contributed by atoms with E-state index in [1.54, 1.807) is 0 Å². The molecule has 0 saturated carbocycles. The highest BCUT2D eigenvalue weighted by molar-refractivity contribution is 6.07. The monoisotopic (exact) mass is 364 g/mol. The lowest BCUT2D eigenvalue weighted by atomic mass is 9.87. The molecule has 0 aliphatic carbocycles. The number of hydrogen-bond acceptors (Lipinski definition) is 4. The van der Waals surface area contributed by atoms with E-state index in [1.165, 1.54) is 12.8 Å². The van der Waals surface area contributed by atoms with Gasteiger partial charge in [-0.2, -0.15) is 0 Å². The summed E-state index contributed by atoms with van der Waals surface area (Å²) in [5.41, 5.74) is -0.489. The Morgan fingerprint density at radius 2 is 1.91 bits per heavy atom. The predicted molar refractivity (Wildman–Crippen MR) is 99.0 cm³/mol. The Morgan fingerprint density at radius 1 is 1.26 bits per heavy atom. The van der Waals surface area contributed by atoms with Gasteiger partial charge in [0.25, 0.3) is 5.91 Å². The van der Waals surface area contributed by atoms with E-state index < -0.39 is 5.54 Å². The summed E-state index contributed by atoms with van der Waals surface area (Å²) in [6.45, 7) is 10.3. The van der Waals surface area contributed by atoms with Gasteiger partial charge in [-0.15, -0.1) is 24.8 Å². The SMILES string of the molecule is CC1=NC2(CCCN(C3CCNCC3)C2)C(=O)N1C(C)C.Cl.Cl. The van der Waals surface area contributed by atoms with E-state index in [0.717, 1.165) is 44.9 Å². The highest BCUT2D eigenvalue weighted by Gasteiger charge is 2.50. The zero-order chi connectivity index (χ0) is 15.0. The van der Waals surface area contributed by atoms with E-state index in [0.29, 0.717) is 6.04 Å². The quantitative estimate of drug-likeness (QED) is 0.815. The van der Waals surface area contributed by atoms with Crippen LogP contribution >= 0.6 is 24.8 Å². The number of likely N-dealkylation sites (tertiary alicyclic amines) is 1. The van der Waals surface area contributed by atoms with Crippen molar-refractivity contribution in [3.63, 3.8) is 0 Å². The molecule has 2 fully saturated rings. The van der Waals surface area contributed by atoms with Gasteiger partial charge in [0.15, 0.2) is 5.54 Å². The molecule has 0 aromatic rings. The molecule has 5 nitrogen and oxygen atoms in total. The molecular formula is C16H30Cl2N4O. The van der Waals surface area contributed by atoms with Crippen LogP contribution in [0.25, 0.3) is 0 Å². The third-order valence-corrected chi connectivity index (χ3v) is 5.18. The Bertz CT molecular complexity index is 451. The molecule has 1 N–H and O–H groups in total. The van der Waals surface area contributed by atoms with Crippen molar-refractivity contribution in [2.45, 2.75) is 64.1 Å². The van der Waals surface area contributed by atoms with Crippen LogP contribution in [0, 0.1) is 0 Å². The third kappa shape index (κ3) is 3.84. The van der Waals surface area contributed by atoms with Crippen molar-refractivity contribution in [2.24, 2.45) is 4.99 Å². The second kappa shape index (κ2) is 8.15. The summed E-state index contributed by atoms with van der Waals surface area (Å²) in [7, 11) is 0. The Balaban J connectivity index is 0.00000132. The summed E-state index contributed by atoms with van der Waals surface area (Å²) in [6, 6.07) is 0.828. The van der Waals surface area contributed by atoms with Gasteiger partial charge in [-0.3, -0.25) is 19.6 Å². The molecule has 7 heteroatoms. The molecule has 1 atom stereocenters. The number of carbonyl (C=O) groups excluding carboxylic acids is 1. The zero-order valence-corrected chi connectivity index (χ0v) is 16.0. The van der Waals surface area contributed by atoms with E-state index >= 15 is 0 Å². The number of rotatable bonds is 2. The van der Waals surface area contributed by atoms with Gasteiger partial charge < -0.3 is 5.32 Å². The van der Waals surface area contributed by atoms with E-state index in [-0.39, 0.29) is 36.8 Å². The van der Waals surface area contributed by atoms with Crippen molar-refractivity contribution in [1.82, 2.24) is 15.1 Å². The van der Waals surface area contributed by atoms with Gasteiger partial charge in [0, 0.05) is 18.6 Å². The highest BCUT2D eigenvalue weighted by atomic mass is 35.5. The summed E-state index contributed by atoms with van der Waals surface area (Å²) in [4.78, 5) is 22.2. The third-order valence-electron chi connectivity index (χ3n) is 5.18. The van der Waals surface area contributed by atoms with Gasteiger partial charge in [0.2, 0.25) is 0 Å². The first kappa shape index (κ1) is 20.7. The minimum absolute atomic E-state index is 0. The maximum absolute atomic E-state index is 12.9. The fourth-order valence-corrected chi connectivity index (χ4v) is 4.21. The first-order valence-electron chi connectivity index (χ1n) is 8.38. The number of aliphatic imine (C=N–C) groups is 1. The smallest absolute Gasteiger partial charge is 0.257 e. The number of amides is 1. The molecule has 3 aliphatic rings. The van der Waals surface area contributed by atoms with Crippen molar-refractivity contribution < 1.29 is 4.79 Å². The fourth-order valence-electron chi connectivity index (χ4n) is 4.21. The van der Waals surface area contributed by atoms with E-state index in [2.05, 4.69) is 24.1 Å². The molecule has 23 heavy (non-hydrogen) atoms. The average Bonchev–Trinajstić information content (AvgIpc) is 2.70. The van der Waals surface area contributed by atoms with E-state index in [1.807, 2.05) is 11.8 Å². The lowest BCUT2D eigenvalue weighted by molar-refractivity contribution is -0.134. The van der Waals surface area contributed by atoms with Crippen LogP contribution in [-0.2, 0) is 4.79 Å². The summed E-state index contributed by atoms with van der Waals surface area (Å²) in [5.74, 6) is 1.13. The Kier molecular flexibility index (Phi) is 7.33. The molecule has 134 valence electrons. The van der Waals surface area contributed by atoms with Crippen LogP contribution in [0.3, 0.4) is 0 Å². The number of halogens is 2. The van der Waals surface area contributed by atoms with Crippen LogP contribution in [0.5, 0.6) is 0 Å². The standard InChI is InChI=1S/C16H28N4O.2ClH/c1-12(2)20-13(3)18-16(15(20)21)7-4-10-19(11-16)14-5-8-17-9-6-14;;/h12,14,17H,4-11H2,1-3H3;2*1H. The van der Waals surface area contributed by atoms with Crippen LogP contribution < -0.4 is 5.32 Å². The van der Waals surface area contributed by atoms with Crippen molar-refractivity contribution in [2.75, 3.05) is 26.2 Å². The fraction of sp³-hybridized carbons (Fsp3) is 0.875. The molecule has 0 aromatic carbocycles. The molecule has 2 saturated heterocycles. The van der Waals surface area contributed by atoms with Gasteiger partial charge in [-0.25, -0.2) is 0 Å². The van der Waals surface area contributed by atoms with E-state index in [9.17, 15) is 4.79 Å². The first-order chi connectivity index (χ1) is 10.0. The Morgan fingerprint density at radius 3 is 2.48 bits per heavy atom. The van der Waals surface area contributed by atoms with Crippen LogP contribution in [-0.4, -0.2) is 65.3 Å². The topological polar surface area (TPSA) is 47.9 Å². The number of nitrogens with zero attached hydrogens (tertiary/aromatic N) is 3. The highest BCUT2D eigenvalue weighted by Crippen LogP contribution is 2.34. The molecule has 3 heterocycles. The lowest BCUT2D eigenvalue weighted by Crippen LogP contribution is -2.57. The zero-order valence-electron chi connectivity index (χ0n) is 14.4. The molecule has 0 aromatic heterocycles. The minimum Gasteiger partial charge on any atom is -0.317 e. The van der Waals surface area contributed by atoms with Gasteiger partial charge in [0.05, 0.1) is 0 Å². The normalized spacial score (nSPS) is 29.5. The van der Waals surface area contributed by atoms with E-state index in [4.69, 9.17) is 4.99 Å². The predicted octanol–water partition coefficient (Wildman–Crippen LogP) is 2.09. The molecule has 3 rings (SSSR count). The average molecular weight is 365 g/mol. The number of piperidine rings is 2. The van der Waals surface area contributed by atoms with Gasteiger partial charge in [0.1, 0.15) is 5.84 Å². The Hall–Kier alpha value is -0.360. The molecule has 0 bridgehead atoms. The maximum Gasteiger partial charge on any atom is 0.257 e. The number of amidine groups is 1. The van der Waals surface area contributed by atoms with Crippen molar-refractivity contribution in [1.29, 1.82) is 0 Å². The molecule has 0 radical (unpaired) electrons.